The fourth-order valence-corrected chi connectivity index (χ4v) is 4.77. The van der Waals surface area contributed by atoms with Crippen LogP contribution in [0.25, 0.3) is 6.08 Å². The van der Waals surface area contributed by atoms with Crippen LogP contribution in [-0.4, -0.2) is 48.3 Å². The zero-order valence-electron chi connectivity index (χ0n) is 21.0. The van der Waals surface area contributed by atoms with E-state index < -0.39 is 4.92 Å². The molecule has 0 aromatic heterocycles. The van der Waals surface area contributed by atoms with Crippen LogP contribution in [0.3, 0.4) is 0 Å². The summed E-state index contributed by atoms with van der Waals surface area (Å²) in [5.74, 6) is 0.283. The van der Waals surface area contributed by atoms with Crippen molar-refractivity contribution < 1.29 is 23.9 Å². The normalized spacial score (nSPS) is 15.3. The molecule has 3 aromatic rings. The second-order valence-corrected chi connectivity index (χ2v) is 9.25. The number of rotatable bonds is 11. The largest absolute Gasteiger partial charge is 0.493 e. The molecular formula is C28H27N3O6S. The van der Waals surface area contributed by atoms with Gasteiger partial charge in [0.1, 0.15) is 6.61 Å². The van der Waals surface area contributed by atoms with Crippen molar-refractivity contribution in [3.8, 4) is 11.5 Å². The lowest BCUT2D eigenvalue weighted by Crippen LogP contribution is -2.30. The first-order valence-corrected chi connectivity index (χ1v) is 12.7. The van der Waals surface area contributed by atoms with Crippen molar-refractivity contribution in [2.75, 3.05) is 27.4 Å². The number of ether oxygens (including phenoxy) is 3. The molecule has 1 aliphatic rings. The molecule has 9 nitrogen and oxygen atoms in total. The molecule has 3 aromatic carbocycles. The Morgan fingerprint density at radius 2 is 1.74 bits per heavy atom. The van der Waals surface area contributed by atoms with Gasteiger partial charge in [0.2, 0.25) is 0 Å². The summed E-state index contributed by atoms with van der Waals surface area (Å²) in [6.45, 7) is 1.11. The molecule has 0 spiro atoms. The smallest absolute Gasteiger partial charge is 0.280 e. The highest BCUT2D eigenvalue weighted by Crippen LogP contribution is 2.39. The lowest BCUT2D eigenvalue weighted by atomic mass is 10.1. The summed E-state index contributed by atoms with van der Waals surface area (Å²) in [5, 5.41) is 12.5. The summed E-state index contributed by atoms with van der Waals surface area (Å²) >= 11 is 1.17. The Kier molecular flexibility index (Phi) is 9.12. The van der Waals surface area contributed by atoms with E-state index in [9.17, 15) is 14.9 Å². The topological polar surface area (TPSA) is 104 Å². The third-order valence-electron chi connectivity index (χ3n) is 5.63. The summed E-state index contributed by atoms with van der Waals surface area (Å²) in [6, 6.07) is 21.6. The van der Waals surface area contributed by atoms with Crippen LogP contribution in [0.1, 0.15) is 17.5 Å². The van der Waals surface area contributed by atoms with E-state index >= 15 is 0 Å². The van der Waals surface area contributed by atoms with Gasteiger partial charge in [-0.1, -0.05) is 48.5 Å². The molecule has 1 saturated heterocycles. The first kappa shape index (κ1) is 26.9. The van der Waals surface area contributed by atoms with E-state index in [0.29, 0.717) is 41.1 Å². The number of carbonyl (C=O) groups is 1. The van der Waals surface area contributed by atoms with Crippen LogP contribution in [-0.2, 0) is 16.1 Å². The van der Waals surface area contributed by atoms with Crippen LogP contribution in [0.2, 0.25) is 0 Å². The lowest BCUT2D eigenvalue weighted by molar-refractivity contribution is -0.385. The summed E-state index contributed by atoms with van der Waals surface area (Å²) in [6.07, 6.45) is 2.12. The Bertz CT molecular complexity index is 1350. The molecule has 0 N–H and O–H groups in total. The van der Waals surface area contributed by atoms with E-state index in [1.165, 1.54) is 37.1 Å². The van der Waals surface area contributed by atoms with E-state index in [2.05, 4.69) is 4.99 Å². The highest BCUT2D eigenvalue weighted by atomic mass is 32.2. The molecule has 4 rings (SSSR count). The van der Waals surface area contributed by atoms with Gasteiger partial charge in [0, 0.05) is 20.3 Å². The molecule has 0 saturated carbocycles. The van der Waals surface area contributed by atoms with Gasteiger partial charge in [0.15, 0.2) is 16.7 Å². The number of methoxy groups -OCH3 is 2. The number of thioether (sulfide) groups is 1. The Hall–Kier alpha value is -4.15. The van der Waals surface area contributed by atoms with Crippen LogP contribution in [0.5, 0.6) is 11.5 Å². The molecule has 1 amide bonds. The number of carbonyl (C=O) groups excluding carboxylic acids is 1. The molecule has 0 radical (unpaired) electrons. The second-order valence-electron chi connectivity index (χ2n) is 8.24. The number of nitro groups is 1. The zero-order valence-corrected chi connectivity index (χ0v) is 21.8. The van der Waals surface area contributed by atoms with Gasteiger partial charge in [-0.15, -0.1) is 0 Å². The van der Waals surface area contributed by atoms with Crippen molar-refractivity contribution in [2.45, 2.75) is 13.0 Å². The lowest BCUT2D eigenvalue weighted by Gasteiger charge is -2.15. The molecule has 10 heteroatoms. The van der Waals surface area contributed by atoms with E-state index in [1.54, 1.807) is 12.0 Å². The van der Waals surface area contributed by atoms with Crippen LogP contribution < -0.4 is 9.47 Å². The molecule has 1 aliphatic heterocycles. The molecule has 0 unspecified atom stereocenters. The van der Waals surface area contributed by atoms with Gasteiger partial charge >= 0.3 is 0 Å². The van der Waals surface area contributed by atoms with E-state index in [4.69, 9.17) is 14.2 Å². The summed E-state index contributed by atoms with van der Waals surface area (Å²) in [5.41, 5.74) is 1.64. The number of aliphatic imine (C=N–C) groups is 1. The third-order valence-corrected chi connectivity index (χ3v) is 6.64. The molecule has 1 fully saturated rings. The van der Waals surface area contributed by atoms with E-state index in [1.807, 2.05) is 60.7 Å². The van der Waals surface area contributed by atoms with E-state index in [-0.39, 0.29) is 29.5 Å². The maximum absolute atomic E-state index is 13.4. The average Bonchev–Trinajstić information content (AvgIpc) is 3.22. The van der Waals surface area contributed by atoms with Crippen molar-refractivity contribution in [3.63, 3.8) is 0 Å². The monoisotopic (exact) mass is 533 g/mol. The Balaban J connectivity index is 1.67. The van der Waals surface area contributed by atoms with Gasteiger partial charge in [-0.25, -0.2) is 4.99 Å². The van der Waals surface area contributed by atoms with Crippen LogP contribution in [0.15, 0.2) is 82.7 Å². The number of benzene rings is 3. The number of nitro benzene ring substituents is 1. The Morgan fingerprint density at radius 1 is 1.03 bits per heavy atom. The molecule has 0 aliphatic carbocycles. The number of amides is 1. The maximum atomic E-state index is 13.4. The van der Waals surface area contributed by atoms with Gasteiger partial charge in [-0.05, 0) is 48.0 Å². The first-order chi connectivity index (χ1) is 18.5. The Labute approximate surface area is 224 Å². The van der Waals surface area contributed by atoms with Crippen LogP contribution >= 0.6 is 11.8 Å². The average molecular weight is 534 g/mol. The zero-order chi connectivity index (χ0) is 26.9. The summed E-state index contributed by atoms with van der Waals surface area (Å²) in [7, 11) is 3.07. The fraction of sp³-hybridized carbons (Fsp3) is 0.214. The minimum absolute atomic E-state index is 0.200. The number of para-hydroxylation sites is 1. The minimum Gasteiger partial charge on any atom is -0.493 e. The number of hydrogen-bond donors (Lipinski definition) is 0. The molecule has 0 atom stereocenters. The highest BCUT2D eigenvalue weighted by Gasteiger charge is 2.34. The standard InChI is InChI=1S/C28H27N3O6S/c1-35-15-9-14-30-27(32)26(38-28(30)29-22-12-7-4-8-13-22)17-21-16-24(36-2)25(18-23(21)31(33)34)37-19-20-10-5-3-6-11-20/h3-8,10-13,16-18H,9,14-15,19H2,1-2H3. The van der Waals surface area contributed by atoms with E-state index in [0.717, 1.165) is 5.56 Å². The van der Waals surface area contributed by atoms with Crippen LogP contribution in [0.4, 0.5) is 11.4 Å². The van der Waals surface area contributed by atoms with Crippen molar-refractivity contribution in [1.29, 1.82) is 0 Å². The third kappa shape index (κ3) is 6.58. The Morgan fingerprint density at radius 3 is 2.39 bits per heavy atom. The summed E-state index contributed by atoms with van der Waals surface area (Å²) in [4.78, 5) is 31.4. The van der Waals surface area contributed by atoms with Gasteiger partial charge in [-0.3, -0.25) is 19.8 Å². The van der Waals surface area contributed by atoms with Crippen LogP contribution in [0, 0.1) is 10.1 Å². The van der Waals surface area contributed by atoms with Crippen molar-refractivity contribution in [3.05, 3.63) is 98.9 Å². The van der Waals surface area contributed by atoms with Crippen molar-refractivity contribution in [2.24, 2.45) is 4.99 Å². The SMILES string of the molecule is COCCCN1C(=O)C(=Cc2cc(OC)c(OCc3ccccc3)cc2[N+](=O)[O-])SC1=Nc1ccccc1. The molecular weight excluding hydrogens is 506 g/mol. The second kappa shape index (κ2) is 12.9. The fourth-order valence-electron chi connectivity index (χ4n) is 3.76. The highest BCUT2D eigenvalue weighted by molar-refractivity contribution is 8.18. The van der Waals surface area contributed by atoms with Gasteiger partial charge in [-0.2, -0.15) is 0 Å². The van der Waals surface area contributed by atoms with Gasteiger partial charge in [0.05, 0.1) is 34.3 Å². The summed E-state index contributed by atoms with van der Waals surface area (Å²) < 4.78 is 16.5. The first-order valence-electron chi connectivity index (χ1n) is 11.9. The van der Waals surface area contributed by atoms with Crippen molar-refractivity contribution in [1.82, 2.24) is 4.90 Å². The van der Waals surface area contributed by atoms with Gasteiger partial charge in [0.25, 0.3) is 11.6 Å². The molecule has 38 heavy (non-hydrogen) atoms. The number of nitrogens with zero attached hydrogens (tertiary/aromatic N) is 3. The predicted octanol–water partition coefficient (Wildman–Crippen LogP) is 5.82. The quantitative estimate of drug-likeness (QED) is 0.132. The number of amidine groups is 1. The van der Waals surface area contributed by atoms with Crippen molar-refractivity contribution >= 4 is 40.3 Å². The number of hydrogen-bond acceptors (Lipinski definition) is 8. The molecule has 1 heterocycles. The minimum atomic E-state index is -0.499. The molecule has 196 valence electrons. The van der Waals surface area contributed by atoms with Gasteiger partial charge < -0.3 is 14.2 Å². The maximum Gasteiger partial charge on any atom is 0.280 e. The predicted molar refractivity (Wildman–Crippen MR) is 148 cm³/mol. The molecule has 0 bridgehead atoms.